The Bertz CT molecular complexity index is 435. The fraction of sp³-hybridized carbons (Fsp3) is 0.333. The molecule has 1 rings (SSSR count). The highest BCUT2D eigenvalue weighted by Gasteiger charge is 2.16. The molecule has 0 bridgehead atoms. The van der Waals surface area contributed by atoms with Crippen LogP contribution in [0.2, 0.25) is 0 Å². The lowest BCUT2D eigenvalue weighted by Crippen LogP contribution is -2.03. The molecule has 0 aliphatic rings. The Balaban J connectivity index is 3.41. The van der Waals surface area contributed by atoms with Gasteiger partial charge in [0, 0.05) is 12.7 Å². The van der Waals surface area contributed by atoms with E-state index in [1.165, 1.54) is 7.11 Å². The first kappa shape index (κ1) is 12.1. The maximum Gasteiger partial charge on any atom is 0.168 e. The number of thiol groups is 1. The standard InChI is InChI=1S/C9H10F2O3S/c1-5(14-2)6-3-7(10)8(11)4-9(6)15(12)13/h3-5,15H,1-2H3. The third-order valence-corrected chi connectivity index (χ3v) is 2.84. The highest BCUT2D eigenvalue weighted by molar-refractivity contribution is 7.72. The van der Waals surface area contributed by atoms with Crippen molar-refractivity contribution in [3.8, 4) is 0 Å². The van der Waals surface area contributed by atoms with E-state index in [-0.39, 0.29) is 10.5 Å². The molecule has 15 heavy (non-hydrogen) atoms. The maximum absolute atomic E-state index is 12.9. The third kappa shape index (κ3) is 2.51. The first-order valence-electron chi connectivity index (χ1n) is 4.13. The van der Waals surface area contributed by atoms with Gasteiger partial charge in [0.1, 0.15) is 0 Å². The molecule has 1 unspecified atom stereocenters. The van der Waals surface area contributed by atoms with Crippen molar-refractivity contribution in [2.24, 2.45) is 0 Å². The zero-order chi connectivity index (χ0) is 11.6. The number of hydrogen-bond donors (Lipinski definition) is 1. The molecule has 1 aromatic rings. The summed E-state index contributed by atoms with van der Waals surface area (Å²) in [6.45, 7) is 1.55. The minimum absolute atomic E-state index is 0.118. The number of rotatable bonds is 3. The van der Waals surface area contributed by atoms with Crippen molar-refractivity contribution in [1.82, 2.24) is 0 Å². The van der Waals surface area contributed by atoms with Crippen LogP contribution in [-0.2, 0) is 15.4 Å². The molecule has 0 amide bonds. The Morgan fingerprint density at radius 2 is 1.80 bits per heavy atom. The smallest absolute Gasteiger partial charge is 0.168 e. The van der Waals surface area contributed by atoms with E-state index < -0.39 is 28.4 Å². The maximum atomic E-state index is 12.9. The van der Waals surface area contributed by atoms with Crippen molar-refractivity contribution < 1.29 is 21.9 Å². The van der Waals surface area contributed by atoms with Crippen molar-refractivity contribution in [3.05, 3.63) is 29.3 Å². The molecule has 1 aromatic carbocycles. The molecule has 1 atom stereocenters. The number of benzene rings is 1. The summed E-state index contributed by atoms with van der Waals surface area (Å²) >= 11 is 0. The fourth-order valence-electron chi connectivity index (χ4n) is 1.16. The molecule has 0 spiro atoms. The van der Waals surface area contributed by atoms with Gasteiger partial charge in [-0.2, -0.15) is 0 Å². The molecular weight excluding hydrogens is 226 g/mol. The molecular formula is C9H10F2O3S. The summed E-state index contributed by atoms with van der Waals surface area (Å²) in [5.41, 5.74) is 0.118. The Morgan fingerprint density at radius 3 is 2.27 bits per heavy atom. The molecule has 0 saturated heterocycles. The van der Waals surface area contributed by atoms with E-state index in [0.717, 1.165) is 6.07 Å². The monoisotopic (exact) mass is 236 g/mol. The van der Waals surface area contributed by atoms with Crippen molar-refractivity contribution >= 4 is 10.7 Å². The highest BCUT2D eigenvalue weighted by atomic mass is 32.2. The van der Waals surface area contributed by atoms with Gasteiger partial charge in [0.2, 0.25) is 0 Å². The van der Waals surface area contributed by atoms with Crippen LogP contribution in [0.3, 0.4) is 0 Å². The average molecular weight is 236 g/mol. The molecule has 0 heterocycles. The van der Waals surface area contributed by atoms with Crippen LogP contribution in [0.5, 0.6) is 0 Å². The van der Waals surface area contributed by atoms with Crippen LogP contribution >= 0.6 is 0 Å². The van der Waals surface area contributed by atoms with E-state index in [9.17, 15) is 17.2 Å². The van der Waals surface area contributed by atoms with E-state index in [4.69, 9.17) is 4.74 Å². The SMILES string of the molecule is COC(C)c1cc(F)c(F)cc1[SH](=O)=O. The van der Waals surface area contributed by atoms with Gasteiger partial charge >= 0.3 is 0 Å². The topological polar surface area (TPSA) is 43.4 Å². The quantitative estimate of drug-likeness (QED) is 0.811. The van der Waals surface area contributed by atoms with Crippen LogP contribution in [-0.4, -0.2) is 15.5 Å². The Hall–Kier alpha value is -1.01. The summed E-state index contributed by atoms with van der Waals surface area (Å²) in [4.78, 5) is -0.252. The number of halogens is 2. The normalized spacial score (nSPS) is 13.1. The summed E-state index contributed by atoms with van der Waals surface area (Å²) < 4.78 is 52.2. The number of methoxy groups -OCH3 is 1. The lowest BCUT2D eigenvalue weighted by Gasteiger charge is -2.12. The van der Waals surface area contributed by atoms with E-state index in [1.54, 1.807) is 6.92 Å². The largest absolute Gasteiger partial charge is 0.377 e. The molecule has 0 radical (unpaired) electrons. The molecule has 0 aromatic heterocycles. The summed E-state index contributed by atoms with van der Waals surface area (Å²) in [5.74, 6) is -2.27. The predicted octanol–water partition coefficient (Wildman–Crippen LogP) is 1.64. The molecule has 84 valence electrons. The van der Waals surface area contributed by atoms with Crippen LogP contribution in [0.1, 0.15) is 18.6 Å². The molecule has 0 aliphatic carbocycles. The Kier molecular flexibility index (Phi) is 3.76. The van der Waals surface area contributed by atoms with E-state index >= 15 is 0 Å². The van der Waals surface area contributed by atoms with Crippen molar-refractivity contribution in [2.45, 2.75) is 17.9 Å². The van der Waals surface area contributed by atoms with Crippen LogP contribution in [0.15, 0.2) is 17.0 Å². The summed E-state index contributed by atoms with van der Waals surface area (Å²) in [6.07, 6.45) is -0.608. The van der Waals surface area contributed by atoms with Crippen molar-refractivity contribution in [1.29, 1.82) is 0 Å². The second-order valence-electron chi connectivity index (χ2n) is 2.96. The third-order valence-electron chi connectivity index (χ3n) is 2.06. The lowest BCUT2D eigenvalue weighted by atomic mass is 10.1. The molecule has 0 N–H and O–H groups in total. The van der Waals surface area contributed by atoms with Gasteiger partial charge in [0.05, 0.1) is 11.0 Å². The summed E-state index contributed by atoms with van der Waals surface area (Å²) in [7, 11) is -1.62. The van der Waals surface area contributed by atoms with Crippen LogP contribution in [0.25, 0.3) is 0 Å². The minimum atomic E-state index is -2.97. The van der Waals surface area contributed by atoms with Gasteiger partial charge in [-0.05, 0) is 19.1 Å². The molecule has 0 saturated carbocycles. The van der Waals surface area contributed by atoms with Gasteiger partial charge in [0.25, 0.3) is 0 Å². The molecule has 3 nitrogen and oxygen atoms in total. The zero-order valence-corrected chi connectivity index (χ0v) is 9.05. The van der Waals surface area contributed by atoms with Gasteiger partial charge in [-0.3, -0.25) is 0 Å². The van der Waals surface area contributed by atoms with Gasteiger partial charge in [0.15, 0.2) is 22.3 Å². The molecule has 6 heteroatoms. The Labute approximate surface area is 87.6 Å². The molecule has 0 fully saturated rings. The van der Waals surface area contributed by atoms with Gasteiger partial charge in [-0.25, -0.2) is 17.2 Å². The number of hydrogen-bond acceptors (Lipinski definition) is 3. The van der Waals surface area contributed by atoms with Crippen LogP contribution in [0, 0.1) is 11.6 Å². The Morgan fingerprint density at radius 1 is 1.27 bits per heavy atom. The lowest BCUT2D eigenvalue weighted by molar-refractivity contribution is 0.117. The van der Waals surface area contributed by atoms with E-state index in [2.05, 4.69) is 0 Å². The second-order valence-corrected chi connectivity index (χ2v) is 3.96. The van der Waals surface area contributed by atoms with Crippen LogP contribution in [0.4, 0.5) is 8.78 Å². The average Bonchev–Trinajstić information content (AvgIpc) is 2.20. The minimum Gasteiger partial charge on any atom is -0.377 e. The fourth-order valence-corrected chi connectivity index (χ4v) is 1.84. The van der Waals surface area contributed by atoms with Gasteiger partial charge < -0.3 is 4.74 Å². The zero-order valence-electron chi connectivity index (χ0n) is 8.16. The first-order valence-corrected chi connectivity index (χ1v) is 5.31. The van der Waals surface area contributed by atoms with Crippen molar-refractivity contribution in [3.63, 3.8) is 0 Å². The van der Waals surface area contributed by atoms with Crippen LogP contribution < -0.4 is 0 Å². The van der Waals surface area contributed by atoms with Crippen molar-refractivity contribution in [2.75, 3.05) is 7.11 Å². The van der Waals surface area contributed by atoms with Gasteiger partial charge in [-0.1, -0.05) is 0 Å². The van der Waals surface area contributed by atoms with Gasteiger partial charge in [-0.15, -0.1) is 0 Å². The second kappa shape index (κ2) is 4.67. The number of ether oxygens (including phenoxy) is 1. The summed E-state index contributed by atoms with van der Waals surface area (Å²) in [5, 5.41) is 0. The summed E-state index contributed by atoms with van der Waals surface area (Å²) in [6, 6.07) is 1.50. The predicted molar refractivity (Wildman–Crippen MR) is 50.4 cm³/mol. The van der Waals surface area contributed by atoms with E-state index in [0.29, 0.717) is 6.07 Å². The molecule has 0 aliphatic heterocycles. The highest BCUT2D eigenvalue weighted by Crippen LogP contribution is 2.24. The van der Waals surface area contributed by atoms with E-state index in [1.807, 2.05) is 0 Å². The first-order chi connectivity index (χ1) is 6.97.